The molecule has 31 heavy (non-hydrogen) atoms. The summed E-state index contributed by atoms with van der Waals surface area (Å²) in [5, 5.41) is 3.89. The Bertz CT molecular complexity index is 839. The number of nitrogens with one attached hydrogen (secondary N) is 2. The number of ether oxygens (including phenoxy) is 3. The highest BCUT2D eigenvalue weighted by atomic mass is 16.6. The van der Waals surface area contributed by atoms with E-state index in [1.165, 1.54) is 13.2 Å². The summed E-state index contributed by atoms with van der Waals surface area (Å²) < 4.78 is 15.2. The number of carbonyl (C=O) groups excluding carboxylic acids is 3. The Kier molecular flexibility index (Phi) is 8.42. The van der Waals surface area contributed by atoms with Gasteiger partial charge in [-0.1, -0.05) is 6.08 Å². The van der Waals surface area contributed by atoms with Crippen LogP contribution < -0.4 is 15.5 Å². The van der Waals surface area contributed by atoms with Gasteiger partial charge >= 0.3 is 12.2 Å². The summed E-state index contributed by atoms with van der Waals surface area (Å²) in [6.07, 6.45) is -0.418. The first-order valence-corrected chi connectivity index (χ1v) is 9.93. The van der Waals surface area contributed by atoms with Crippen molar-refractivity contribution in [3.05, 3.63) is 42.5 Å². The molecule has 0 spiro atoms. The molecule has 1 atom stereocenters. The van der Waals surface area contributed by atoms with Crippen molar-refractivity contribution in [2.75, 3.05) is 33.4 Å². The maximum atomic E-state index is 13.9. The molecule has 1 heterocycles. The number of benzene rings is 1. The lowest BCUT2D eigenvalue weighted by molar-refractivity contribution is 0.0355. The molecule has 1 aromatic rings. The van der Waals surface area contributed by atoms with Crippen LogP contribution in [0.25, 0.3) is 0 Å². The monoisotopic (exact) mass is 432 g/mol. The van der Waals surface area contributed by atoms with Gasteiger partial charge in [-0.3, -0.25) is 9.79 Å². The number of Topliss-reactive ketones (excluding diaryl/α,β-unsaturated/α-hetero) is 1. The Morgan fingerprint density at radius 1 is 1.23 bits per heavy atom. The number of aliphatic imine (C=N–C) groups is 1. The molecule has 0 radical (unpaired) electrons. The summed E-state index contributed by atoms with van der Waals surface area (Å²) in [7, 11) is 1.52. The van der Waals surface area contributed by atoms with E-state index in [0.717, 1.165) is 5.01 Å². The van der Waals surface area contributed by atoms with E-state index in [-0.39, 0.29) is 31.0 Å². The largest absolute Gasteiger partial charge is 0.497 e. The van der Waals surface area contributed by atoms with Crippen LogP contribution in [0.5, 0.6) is 5.75 Å². The highest BCUT2D eigenvalue weighted by Crippen LogP contribution is 2.29. The molecule has 1 aromatic carbocycles. The molecule has 0 bridgehead atoms. The molecule has 2 N–H and O–H groups in total. The maximum absolute atomic E-state index is 13.9. The molecule has 1 unspecified atom stereocenters. The van der Waals surface area contributed by atoms with Gasteiger partial charge in [0.1, 0.15) is 11.6 Å². The van der Waals surface area contributed by atoms with Crippen molar-refractivity contribution in [2.45, 2.75) is 25.8 Å². The molecule has 10 heteroatoms. The van der Waals surface area contributed by atoms with Crippen molar-refractivity contribution in [1.29, 1.82) is 0 Å². The fourth-order valence-corrected chi connectivity index (χ4v) is 3.20. The van der Waals surface area contributed by atoms with Crippen LogP contribution >= 0.6 is 0 Å². The van der Waals surface area contributed by atoms with E-state index >= 15 is 0 Å². The molecule has 0 saturated heterocycles. The molecule has 10 nitrogen and oxygen atoms in total. The SMILES string of the molecule is C=CCC(C(=O)c1ccc(OC)cc1)(C1=NCCN1)N(NC(=O)OCC)C(=O)OCC. The normalized spacial score (nSPS) is 14.4. The van der Waals surface area contributed by atoms with Gasteiger partial charge in [0.05, 0.1) is 26.9 Å². The third kappa shape index (κ3) is 5.14. The minimum atomic E-state index is -1.76. The van der Waals surface area contributed by atoms with Crippen LogP contribution in [0, 0.1) is 0 Å². The lowest BCUT2D eigenvalue weighted by atomic mass is 9.83. The molecule has 168 valence electrons. The van der Waals surface area contributed by atoms with E-state index in [9.17, 15) is 14.4 Å². The van der Waals surface area contributed by atoms with Crippen LogP contribution in [0.3, 0.4) is 0 Å². The van der Waals surface area contributed by atoms with E-state index in [4.69, 9.17) is 14.2 Å². The van der Waals surface area contributed by atoms with Gasteiger partial charge in [0.15, 0.2) is 11.3 Å². The van der Waals surface area contributed by atoms with Gasteiger partial charge in [-0.2, -0.15) is 5.01 Å². The van der Waals surface area contributed by atoms with Gasteiger partial charge in [-0.25, -0.2) is 15.0 Å². The van der Waals surface area contributed by atoms with Gasteiger partial charge in [0.25, 0.3) is 0 Å². The van der Waals surface area contributed by atoms with E-state index in [2.05, 4.69) is 22.3 Å². The third-order valence-electron chi connectivity index (χ3n) is 4.54. The first-order chi connectivity index (χ1) is 14.9. The number of nitrogens with zero attached hydrogens (tertiary/aromatic N) is 2. The molecule has 2 rings (SSSR count). The first-order valence-electron chi connectivity index (χ1n) is 9.93. The van der Waals surface area contributed by atoms with E-state index in [1.54, 1.807) is 38.1 Å². The molecular weight excluding hydrogens is 404 g/mol. The van der Waals surface area contributed by atoms with Gasteiger partial charge in [-0.05, 0) is 38.1 Å². The predicted octanol–water partition coefficient (Wildman–Crippen LogP) is 2.31. The number of methoxy groups -OCH3 is 1. The summed E-state index contributed by atoms with van der Waals surface area (Å²) >= 11 is 0. The number of carbonyl (C=O) groups is 3. The van der Waals surface area contributed by atoms with Crippen molar-refractivity contribution in [1.82, 2.24) is 15.8 Å². The second-order valence-electron chi connectivity index (χ2n) is 6.43. The van der Waals surface area contributed by atoms with Crippen LogP contribution in [0.1, 0.15) is 30.6 Å². The van der Waals surface area contributed by atoms with Gasteiger partial charge in [0.2, 0.25) is 0 Å². The summed E-state index contributed by atoms with van der Waals surface area (Å²) in [5.41, 5.74) is 0.881. The minimum absolute atomic E-state index is 0.0284. The second kappa shape index (κ2) is 11.0. The number of amides is 2. The highest BCUT2D eigenvalue weighted by molar-refractivity contribution is 6.21. The van der Waals surface area contributed by atoms with Crippen LogP contribution in [-0.4, -0.2) is 67.8 Å². The molecular formula is C21H28N4O6. The van der Waals surface area contributed by atoms with E-state index in [1.807, 2.05) is 0 Å². The molecule has 0 fully saturated rings. The van der Waals surface area contributed by atoms with Crippen molar-refractivity contribution in [2.24, 2.45) is 4.99 Å². The van der Waals surface area contributed by atoms with Crippen molar-refractivity contribution >= 4 is 23.8 Å². The summed E-state index contributed by atoms with van der Waals surface area (Å²) in [5.74, 6) is 0.292. The quantitative estimate of drug-likeness (QED) is 0.349. The molecule has 1 aliphatic heterocycles. The van der Waals surface area contributed by atoms with Crippen LogP contribution in [-0.2, 0) is 9.47 Å². The topological polar surface area (TPSA) is 119 Å². The predicted molar refractivity (Wildman–Crippen MR) is 114 cm³/mol. The summed E-state index contributed by atoms with van der Waals surface area (Å²) in [6.45, 7) is 7.96. The Balaban J connectivity index is 2.65. The number of rotatable bonds is 9. The Hall–Kier alpha value is -3.56. The van der Waals surface area contributed by atoms with Crippen LogP contribution in [0.4, 0.5) is 9.59 Å². The van der Waals surface area contributed by atoms with Gasteiger partial charge in [-0.15, -0.1) is 6.58 Å². The Morgan fingerprint density at radius 2 is 1.90 bits per heavy atom. The van der Waals surface area contributed by atoms with Crippen LogP contribution in [0.15, 0.2) is 41.9 Å². The summed E-state index contributed by atoms with van der Waals surface area (Å²) in [4.78, 5) is 43.5. The molecule has 0 aromatic heterocycles. The number of hydrogen-bond acceptors (Lipinski definition) is 8. The lowest BCUT2D eigenvalue weighted by Gasteiger charge is -2.40. The van der Waals surface area contributed by atoms with Crippen molar-refractivity contribution in [3.63, 3.8) is 0 Å². The number of hydrogen-bond donors (Lipinski definition) is 2. The third-order valence-corrected chi connectivity index (χ3v) is 4.54. The fraction of sp³-hybridized carbons (Fsp3) is 0.429. The Morgan fingerprint density at radius 3 is 2.42 bits per heavy atom. The standard InChI is InChI=1S/C21H28N4O6/c1-5-12-21(18-22-13-14-23-18,17(26)15-8-10-16(29-4)11-9-15)25(20(28)31-7-3)24-19(27)30-6-2/h5,8-11H,1,6-7,12-14H2,2-4H3,(H,22,23)(H,24,27). The Labute approximate surface area is 181 Å². The average molecular weight is 432 g/mol. The lowest BCUT2D eigenvalue weighted by Crippen LogP contribution is -2.69. The van der Waals surface area contributed by atoms with Crippen molar-refractivity contribution < 1.29 is 28.6 Å². The van der Waals surface area contributed by atoms with Crippen molar-refractivity contribution in [3.8, 4) is 5.75 Å². The zero-order valence-corrected chi connectivity index (χ0v) is 18.0. The molecule has 0 saturated carbocycles. The van der Waals surface area contributed by atoms with Crippen LogP contribution in [0.2, 0.25) is 0 Å². The number of amidine groups is 1. The average Bonchev–Trinajstić information content (AvgIpc) is 3.31. The molecule has 0 aliphatic carbocycles. The zero-order valence-electron chi connectivity index (χ0n) is 18.0. The second-order valence-corrected chi connectivity index (χ2v) is 6.43. The van der Waals surface area contributed by atoms with Gasteiger partial charge in [0, 0.05) is 18.5 Å². The smallest absolute Gasteiger partial charge is 0.430 e. The summed E-state index contributed by atoms with van der Waals surface area (Å²) in [6, 6.07) is 6.40. The highest BCUT2D eigenvalue weighted by Gasteiger charge is 2.53. The van der Waals surface area contributed by atoms with Gasteiger partial charge < -0.3 is 19.5 Å². The number of hydrazine groups is 1. The van der Waals surface area contributed by atoms with E-state index < -0.39 is 23.5 Å². The maximum Gasteiger partial charge on any atom is 0.430 e. The molecule has 2 amide bonds. The fourth-order valence-electron chi connectivity index (χ4n) is 3.20. The first kappa shape index (κ1) is 23.7. The van der Waals surface area contributed by atoms with E-state index in [0.29, 0.717) is 18.8 Å². The molecule has 1 aliphatic rings. The minimum Gasteiger partial charge on any atom is -0.497 e. The number of ketones is 1. The zero-order chi connectivity index (χ0) is 22.9.